The van der Waals surface area contributed by atoms with Crippen molar-refractivity contribution in [3.63, 3.8) is 0 Å². The maximum atomic E-state index is 11.2. The van der Waals surface area contributed by atoms with E-state index in [1.165, 1.54) is 32.1 Å². The van der Waals surface area contributed by atoms with Crippen molar-refractivity contribution in [1.82, 2.24) is 4.90 Å². The lowest BCUT2D eigenvalue weighted by molar-refractivity contribution is -0.129. The number of nitrogens with zero attached hydrogens (tertiary/aromatic N) is 1. The highest BCUT2D eigenvalue weighted by Crippen LogP contribution is 2.27. The monoisotopic (exact) mass is 209 g/mol. The Morgan fingerprint density at radius 1 is 1.20 bits per heavy atom. The fourth-order valence-corrected chi connectivity index (χ4v) is 2.84. The molecular weight excluding hydrogens is 186 g/mol. The molecule has 0 aromatic carbocycles. The van der Waals surface area contributed by atoms with Gasteiger partial charge < -0.3 is 4.90 Å². The normalized spacial score (nSPS) is 28.1. The van der Waals surface area contributed by atoms with Crippen LogP contribution in [0.3, 0.4) is 0 Å². The molecule has 0 radical (unpaired) electrons. The molecule has 15 heavy (non-hydrogen) atoms. The van der Waals surface area contributed by atoms with Gasteiger partial charge in [-0.25, -0.2) is 0 Å². The molecule has 2 rings (SSSR count). The van der Waals surface area contributed by atoms with Gasteiger partial charge in [-0.3, -0.25) is 4.79 Å². The van der Waals surface area contributed by atoms with Gasteiger partial charge in [-0.15, -0.1) is 0 Å². The highest BCUT2D eigenvalue weighted by atomic mass is 16.1. The van der Waals surface area contributed by atoms with Crippen LogP contribution < -0.4 is 0 Å². The van der Waals surface area contributed by atoms with E-state index in [0.29, 0.717) is 11.7 Å². The topological polar surface area (TPSA) is 20.3 Å². The molecule has 0 heterocycles. The van der Waals surface area contributed by atoms with E-state index in [2.05, 4.69) is 11.9 Å². The summed E-state index contributed by atoms with van der Waals surface area (Å²) >= 11 is 0. The van der Waals surface area contributed by atoms with Gasteiger partial charge >= 0.3 is 0 Å². The minimum atomic E-state index is 0.413. The summed E-state index contributed by atoms with van der Waals surface area (Å²) in [6, 6.07) is 0.800. The average Bonchev–Trinajstić information content (AvgIpc) is 2.28. The smallest absolute Gasteiger partial charge is 0.136 e. The van der Waals surface area contributed by atoms with Crippen molar-refractivity contribution < 1.29 is 4.79 Å². The van der Waals surface area contributed by atoms with Crippen LogP contribution in [0, 0.1) is 5.92 Å². The van der Waals surface area contributed by atoms with Gasteiger partial charge in [0.2, 0.25) is 0 Å². The molecule has 0 N–H and O–H groups in total. The van der Waals surface area contributed by atoms with E-state index in [-0.39, 0.29) is 0 Å². The van der Waals surface area contributed by atoms with Crippen molar-refractivity contribution in [3.05, 3.63) is 0 Å². The Morgan fingerprint density at radius 3 is 2.47 bits per heavy atom. The van der Waals surface area contributed by atoms with E-state index in [4.69, 9.17) is 0 Å². The molecule has 2 saturated carbocycles. The van der Waals surface area contributed by atoms with E-state index < -0.39 is 0 Å². The largest absolute Gasteiger partial charge is 0.303 e. The third kappa shape index (κ3) is 2.81. The second kappa shape index (κ2) is 5.11. The minimum Gasteiger partial charge on any atom is -0.303 e. The first-order chi connectivity index (χ1) is 7.27. The molecule has 86 valence electrons. The van der Waals surface area contributed by atoms with Gasteiger partial charge in [-0.2, -0.15) is 0 Å². The standard InChI is InChI=1S/C13H23NO/c1-14(12-5-3-2-4-6-12)10-9-11-7-8-13(11)15/h11-12H,2-10H2,1H3. The molecule has 2 aliphatic rings. The lowest BCUT2D eigenvalue weighted by Gasteiger charge is -2.33. The Bertz CT molecular complexity index is 221. The number of rotatable bonds is 4. The quantitative estimate of drug-likeness (QED) is 0.709. The van der Waals surface area contributed by atoms with Crippen molar-refractivity contribution in [3.8, 4) is 0 Å². The molecule has 2 heteroatoms. The lowest BCUT2D eigenvalue weighted by atomic mass is 9.81. The van der Waals surface area contributed by atoms with Crippen LogP contribution in [0.25, 0.3) is 0 Å². The minimum absolute atomic E-state index is 0.413. The molecule has 2 fully saturated rings. The van der Waals surface area contributed by atoms with Gasteiger partial charge in [0, 0.05) is 18.4 Å². The zero-order chi connectivity index (χ0) is 10.7. The molecular formula is C13H23NO. The molecule has 0 bridgehead atoms. The van der Waals surface area contributed by atoms with Gasteiger partial charge in [0.05, 0.1) is 0 Å². The van der Waals surface area contributed by atoms with Crippen molar-refractivity contribution in [2.75, 3.05) is 13.6 Å². The first-order valence-corrected chi connectivity index (χ1v) is 6.50. The fraction of sp³-hybridized carbons (Fsp3) is 0.923. The first kappa shape index (κ1) is 11.1. The molecule has 0 aliphatic heterocycles. The molecule has 0 spiro atoms. The summed E-state index contributed by atoms with van der Waals surface area (Å²) in [5.41, 5.74) is 0. The molecule has 0 saturated heterocycles. The molecule has 2 aliphatic carbocycles. The van der Waals surface area contributed by atoms with Crippen LogP contribution in [0.5, 0.6) is 0 Å². The van der Waals surface area contributed by atoms with E-state index in [1.807, 2.05) is 0 Å². The summed E-state index contributed by atoms with van der Waals surface area (Å²) in [7, 11) is 2.24. The van der Waals surface area contributed by atoms with E-state index in [9.17, 15) is 4.79 Å². The highest BCUT2D eigenvalue weighted by Gasteiger charge is 2.28. The zero-order valence-electron chi connectivity index (χ0n) is 9.87. The average molecular weight is 209 g/mol. The second-order valence-corrected chi connectivity index (χ2v) is 5.26. The van der Waals surface area contributed by atoms with Crippen LogP contribution in [-0.2, 0) is 4.79 Å². The molecule has 1 unspecified atom stereocenters. The Hall–Kier alpha value is -0.370. The Morgan fingerprint density at radius 2 is 1.93 bits per heavy atom. The summed E-state index contributed by atoms with van der Waals surface area (Å²) in [5.74, 6) is 0.920. The number of carbonyl (C=O) groups is 1. The van der Waals surface area contributed by atoms with Gasteiger partial charge in [0.25, 0.3) is 0 Å². The maximum Gasteiger partial charge on any atom is 0.136 e. The van der Waals surface area contributed by atoms with E-state index in [1.54, 1.807) is 0 Å². The first-order valence-electron chi connectivity index (χ1n) is 6.50. The molecule has 0 aromatic heterocycles. The summed E-state index contributed by atoms with van der Waals surface area (Å²) in [6.07, 6.45) is 10.1. The van der Waals surface area contributed by atoms with Crippen molar-refractivity contribution in [1.29, 1.82) is 0 Å². The SMILES string of the molecule is CN(CCC1CCC1=O)C1CCCCC1. The number of hydrogen-bond acceptors (Lipinski definition) is 2. The Labute approximate surface area is 93.0 Å². The Kier molecular flexibility index (Phi) is 3.79. The van der Waals surface area contributed by atoms with Gasteiger partial charge in [-0.05, 0) is 39.3 Å². The number of carbonyl (C=O) groups excluding carboxylic acids is 1. The Balaban J connectivity index is 1.66. The third-order valence-electron chi connectivity index (χ3n) is 4.22. The predicted octanol–water partition coefficient (Wildman–Crippen LogP) is 2.62. The highest BCUT2D eigenvalue weighted by molar-refractivity contribution is 5.86. The zero-order valence-corrected chi connectivity index (χ0v) is 9.87. The van der Waals surface area contributed by atoms with Gasteiger partial charge in [0.15, 0.2) is 0 Å². The van der Waals surface area contributed by atoms with Crippen LogP contribution in [0.15, 0.2) is 0 Å². The summed E-state index contributed by atoms with van der Waals surface area (Å²) in [5, 5.41) is 0. The van der Waals surface area contributed by atoms with E-state index in [0.717, 1.165) is 31.8 Å². The van der Waals surface area contributed by atoms with Crippen LogP contribution in [0.2, 0.25) is 0 Å². The van der Waals surface area contributed by atoms with Crippen LogP contribution in [0.4, 0.5) is 0 Å². The second-order valence-electron chi connectivity index (χ2n) is 5.26. The summed E-state index contributed by atoms with van der Waals surface area (Å²) in [6.45, 7) is 1.13. The molecule has 2 nitrogen and oxygen atoms in total. The molecule has 1 atom stereocenters. The van der Waals surface area contributed by atoms with Gasteiger partial charge in [-0.1, -0.05) is 19.3 Å². The number of Topliss-reactive ketones (excluding diaryl/α,β-unsaturated/α-hetero) is 1. The van der Waals surface area contributed by atoms with Crippen LogP contribution in [0.1, 0.15) is 51.4 Å². The molecule has 0 aromatic rings. The van der Waals surface area contributed by atoms with Crippen molar-refractivity contribution >= 4 is 5.78 Å². The van der Waals surface area contributed by atoms with Gasteiger partial charge in [0.1, 0.15) is 5.78 Å². The lowest BCUT2D eigenvalue weighted by Crippen LogP contribution is -2.37. The maximum absolute atomic E-state index is 11.2. The summed E-state index contributed by atoms with van der Waals surface area (Å²) < 4.78 is 0. The molecule has 0 amide bonds. The summed E-state index contributed by atoms with van der Waals surface area (Å²) in [4.78, 5) is 13.7. The van der Waals surface area contributed by atoms with Crippen molar-refractivity contribution in [2.45, 2.75) is 57.4 Å². The number of hydrogen-bond donors (Lipinski definition) is 0. The van der Waals surface area contributed by atoms with Crippen LogP contribution in [-0.4, -0.2) is 30.3 Å². The predicted molar refractivity (Wildman–Crippen MR) is 61.9 cm³/mol. The van der Waals surface area contributed by atoms with Crippen molar-refractivity contribution in [2.24, 2.45) is 5.92 Å². The van der Waals surface area contributed by atoms with E-state index >= 15 is 0 Å². The number of ketones is 1. The fourth-order valence-electron chi connectivity index (χ4n) is 2.84. The third-order valence-corrected chi connectivity index (χ3v) is 4.22. The van der Waals surface area contributed by atoms with Crippen LogP contribution >= 0.6 is 0 Å².